The third-order valence-corrected chi connectivity index (χ3v) is 1.37. The molecule has 0 aliphatic heterocycles. The molecule has 0 aliphatic rings. The van der Waals surface area contributed by atoms with Gasteiger partial charge in [0.1, 0.15) is 17.5 Å². The van der Waals surface area contributed by atoms with Crippen LogP contribution in [-0.4, -0.2) is 4.57 Å². The van der Waals surface area contributed by atoms with Crippen molar-refractivity contribution in [2.45, 2.75) is 0 Å². The Hall–Kier alpha value is -1.58. The minimum absolute atomic E-state index is 0.560. The zero-order valence-electron chi connectivity index (χ0n) is 5.11. The second-order valence-corrected chi connectivity index (χ2v) is 1.94. The third-order valence-electron chi connectivity index (χ3n) is 1.37. The SMILES string of the molecule is N=Nc1con2cccc12. The highest BCUT2D eigenvalue weighted by Gasteiger charge is 2.01. The predicted molar refractivity (Wildman–Crippen MR) is 34.5 cm³/mol. The van der Waals surface area contributed by atoms with Crippen molar-refractivity contribution in [2.75, 3.05) is 0 Å². The fourth-order valence-electron chi connectivity index (χ4n) is 0.907. The van der Waals surface area contributed by atoms with E-state index in [0.29, 0.717) is 5.69 Å². The maximum absolute atomic E-state index is 6.73. The lowest BCUT2D eigenvalue weighted by molar-refractivity contribution is 0.378. The lowest BCUT2D eigenvalue weighted by Crippen LogP contribution is -1.66. The Morgan fingerprint density at radius 2 is 2.50 bits per heavy atom. The highest BCUT2D eigenvalue weighted by atomic mass is 16.5. The summed E-state index contributed by atoms with van der Waals surface area (Å²) in [5, 5.41) is 3.27. The molecule has 2 rings (SSSR count). The van der Waals surface area contributed by atoms with Gasteiger partial charge in [-0.1, -0.05) is 0 Å². The minimum Gasteiger partial charge on any atom is -0.381 e. The van der Waals surface area contributed by atoms with Gasteiger partial charge in [-0.3, -0.25) is 0 Å². The van der Waals surface area contributed by atoms with Gasteiger partial charge in [-0.05, 0) is 12.1 Å². The molecule has 50 valence electrons. The molecular formula is C6H5N3O. The van der Waals surface area contributed by atoms with Crippen molar-refractivity contribution < 1.29 is 4.52 Å². The molecule has 0 fully saturated rings. The van der Waals surface area contributed by atoms with Crippen molar-refractivity contribution in [1.82, 2.24) is 4.57 Å². The molecule has 0 aliphatic carbocycles. The van der Waals surface area contributed by atoms with Crippen LogP contribution in [0.15, 0.2) is 34.2 Å². The first-order chi connectivity index (χ1) is 4.92. The number of fused-ring (bicyclic) bond motifs is 1. The van der Waals surface area contributed by atoms with E-state index < -0.39 is 0 Å². The lowest BCUT2D eigenvalue weighted by Gasteiger charge is -1.77. The number of rotatable bonds is 1. The zero-order chi connectivity index (χ0) is 6.97. The Kier molecular flexibility index (Phi) is 0.887. The van der Waals surface area contributed by atoms with Crippen LogP contribution in [0.3, 0.4) is 0 Å². The summed E-state index contributed by atoms with van der Waals surface area (Å²) in [4.78, 5) is 0. The minimum atomic E-state index is 0.560. The first-order valence-corrected chi connectivity index (χ1v) is 2.84. The second kappa shape index (κ2) is 1.70. The molecular weight excluding hydrogens is 130 g/mol. The molecule has 4 nitrogen and oxygen atoms in total. The van der Waals surface area contributed by atoms with Gasteiger partial charge in [-0.25, -0.2) is 5.53 Å². The topological polar surface area (TPSA) is 53.8 Å². The number of nitrogens with zero attached hydrogens (tertiary/aromatic N) is 2. The summed E-state index contributed by atoms with van der Waals surface area (Å²) in [7, 11) is 0. The van der Waals surface area contributed by atoms with Gasteiger partial charge in [0.25, 0.3) is 0 Å². The van der Waals surface area contributed by atoms with Crippen molar-refractivity contribution in [3.63, 3.8) is 0 Å². The molecule has 0 unspecified atom stereocenters. The van der Waals surface area contributed by atoms with Gasteiger partial charge in [-0.15, -0.1) is 0 Å². The number of hydrogen-bond donors (Lipinski definition) is 1. The van der Waals surface area contributed by atoms with Crippen LogP contribution in [0.1, 0.15) is 0 Å². The summed E-state index contributed by atoms with van der Waals surface area (Å²) in [5.74, 6) is 0. The molecule has 0 aromatic carbocycles. The first kappa shape index (κ1) is 5.22. The van der Waals surface area contributed by atoms with Gasteiger partial charge >= 0.3 is 0 Å². The maximum atomic E-state index is 6.73. The van der Waals surface area contributed by atoms with Gasteiger partial charge in [0.2, 0.25) is 0 Å². The Balaban J connectivity index is 2.88. The molecule has 0 saturated heterocycles. The van der Waals surface area contributed by atoms with E-state index in [-0.39, 0.29) is 0 Å². The fraction of sp³-hybridized carbons (Fsp3) is 0. The van der Waals surface area contributed by atoms with Gasteiger partial charge in [0.05, 0.1) is 0 Å². The third kappa shape index (κ3) is 0.500. The van der Waals surface area contributed by atoms with Crippen LogP contribution >= 0.6 is 0 Å². The average molecular weight is 135 g/mol. The normalized spacial score (nSPS) is 10.4. The van der Waals surface area contributed by atoms with E-state index >= 15 is 0 Å². The maximum Gasteiger partial charge on any atom is 0.150 e. The molecule has 0 amide bonds. The highest BCUT2D eigenvalue weighted by Crippen LogP contribution is 2.20. The van der Waals surface area contributed by atoms with E-state index in [2.05, 4.69) is 5.11 Å². The molecule has 2 heterocycles. The molecule has 10 heavy (non-hydrogen) atoms. The van der Waals surface area contributed by atoms with Gasteiger partial charge < -0.3 is 4.52 Å². The summed E-state index contributed by atoms with van der Waals surface area (Å²) >= 11 is 0. The van der Waals surface area contributed by atoms with Gasteiger partial charge in [0, 0.05) is 6.20 Å². The molecule has 4 heteroatoms. The van der Waals surface area contributed by atoms with Crippen LogP contribution in [0.4, 0.5) is 5.69 Å². The van der Waals surface area contributed by atoms with Crippen LogP contribution in [0.25, 0.3) is 5.52 Å². The molecule has 0 atom stereocenters. The van der Waals surface area contributed by atoms with Crippen molar-refractivity contribution in [2.24, 2.45) is 5.11 Å². The van der Waals surface area contributed by atoms with Crippen LogP contribution in [0.5, 0.6) is 0 Å². The van der Waals surface area contributed by atoms with Crippen molar-refractivity contribution in [3.05, 3.63) is 24.6 Å². The molecule has 0 bridgehead atoms. The highest BCUT2D eigenvalue weighted by molar-refractivity contribution is 5.66. The Bertz CT molecular complexity index is 360. The summed E-state index contributed by atoms with van der Waals surface area (Å²) in [6.07, 6.45) is 3.21. The first-order valence-electron chi connectivity index (χ1n) is 2.84. The number of hydrogen-bond acceptors (Lipinski definition) is 3. The molecule has 0 spiro atoms. The largest absolute Gasteiger partial charge is 0.381 e. The second-order valence-electron chi connectivity index (χ2n) is 1.94. The summed E-state index contributed by atoms with van der Waals surface area (Å²) in [6.45, 7) is 0. The van der Waals surface area contributed by atoms with E-state index in [1.807, 2.05) is 12.1 Å². The Labute approximate surface area is 56.5 Å². The molecule has 2 aromatic heterocycles. The Morgan fingerprint density at radius 1 is 1.60 bits per heavy atom. The molecule has 2 aromatic rings. The predicted octanol–water partition coefficient (Wildman–Crippen LogP) is 2.19. The number of nitrogens with one attached hydrogen (secondary N) is 1. The lowest BCUT2D eigenvalue weighted by atomic mass is 10.4. The average Bonchev–Trinajstić information content (AvgIpc) is 2.44. The van der Waals surface area contributed by atoms with Gasteiger partial charge in [0.15, 0.2) is 0 Å². The molecule has 0 saturated carbocycles. The van der Waals surface area contributed by atoms with Crippen LogP contribution in [0, 0.1) is 5.53 Å². The fourth-order valence-corrected chi connectivity index (χ4v) is 0.907. The van der Waals surface area contributed by atoms with Crippen LogP contribution in [-0.2, 0) is 0 Å². The van der Waals surface area contributed by atoms with E-state index in [9.17, 15) is 0 Å². The zero-order valence-corrected chi connectivity index (χ0v) is 5.11. The van der Waals surface area contributed by atoms with E-state index in [4.69, 9.17) is 10.1 Å². The summed E-state index contributed by atoms with van der Waals surface area (Å²) in [6, 6.07) is 3.68. The smallest absolute Gasteiger partial charge is 0.150 e. The quantitative estimate of drug-likeness (QED) is 0.598. The van der Waals surface area contributed by atoms with Crippen LogP contribution in [0.2, 0.25) is 0 Å². The van der Waals surface area contributed by atoms with Gasteiger partial charge in [-0.2, -0.15) is 9.69 Å². The molecule has 1 N–H and O–H groups in total. The van der Waals surface area contributed by atoms with E-state index in [0.717, 1.165) is 5.52 Å². The summed E-state index contributed by atoms with van der Waals surface area (Å²) in [5.41, 5.74) is 8.12. The van der Waals surface area contributed by atoms with Crippen LogP contribution < -0.4 is 0 Å². The number of aromatic nitrogens is 1. The molecule has 0 radical (unpaired) electrons. The Morgan fingerprint density at radius 3 is 3.30 bits per heavy atom. The monoisotopic (exact) mass is 135 g/mol. The van der Waals surface area contributed by atoms with Crippen molar-refractivity contribution >= 4 is 11.2 Å². The van der Waals surface area contributed by atoms with E-state index in [1.54, 1.807) is 10.8 Å². The standard InChI is InChI=1S/C6H5N3O/c7-8-5-4-10-9-3-1-2-6(5)9/h1-4,7H. The summed E-state index contributed by atoms with van der Waals surface area (Å²) < 4.78 is 6.55. The van der Waals surface area contributed by atoms with E-state index in [1.165, 1.54) is 6.26 Å². The van der Waals surface area contributed by atoms with Crippen molar-refractivity contribution in [3.8, 4) is 0 Å². The van der Waals surface area contributed by atoms with Crippen molar-refractivity contribution in [1.29, 1.82) is 5.53 Å².